The molecule has 4 heteroatoms. The van der Waals surface area contributed by atoms with Crippen molar-refractivity contribution in [3.8, 4) is 0 Å². The lowest BCUT2D eigenvalue weighted by Crippen LogP contribution is -1.89. The molecular formula is C4H4ClFO2. The number of carboxylic acid groups (broad SMARTS) is 1. The summed E-state index contributed by atoms with van der Waals surface area (Å²) in [5.41, 5.74) is 0. The Labute approximate surface area is 50.6 Å². The highest BCUT2D eigenvalue weighted by molar-refractivity contribution is 6.28. The fourth-order valence-electron chi connectivity index (χ4n) is 0.164. The van der Waals surface area contributed by atoms with Crippen molar-refractivity contribution in [3.63, 3.8) is 0 Å². The Morgan fingerprint density at radius 3 is 2.50 bits per heavy atom. The molecule has 0 aliphatic heterocycles. The predicted molar refractivity (Wildman–Crippen MR) is 27.3 cm³/mol. The minimum Gasteiger partial charge on any atom is -0.481 e. The van der Waals surface area contributed by atoms with E-state index in [0.29, 0.717) is 0 Å². The maximum Gasteiger partial charge on any atom is 0.307 e. The number of hydrogen-bond acceptors (Lipinski definition) is 1. The Morgan fingerprint density at radius 1 is 1.88 bits per heavy atom. The monoisotopic (exact) mass is 138 g/mol. The highest BCUT2D eigenvalue weighted by Gasteiger charge is 1.91. The van der Waals surface area contributed by atoms with Gasteiger partial charge in [-0.15, -0.1) is 0 Å². The third-order valence-electron chi connectivity index (χ3n) is 0.431. The van der Waals surface area contributed by atoms with Gasteiger partial charge in [-0.3, -0.25) is 4.79 Å². The number of rotatable bonds is 2. The largest absolute Gasteiger partial charge is 0.481 e. The molecule has 0 rings (SSSR count). The normalized spacial score (nSPS) is 11.5. The first kappa shape index (κ1) is 7.43. The summed E-state index contributed by atoms with van der Waals surface area (Å²) in [6, 6.07) is 0. The first-order chi connectivity index (χ1) is 3.63. The average molecular weight is 139 g/mol. The van der Waals surface area contributed by atoms with E-state index in [1.807, 2.05) is 0 Å². The zero-order valence-corrected chi connectivity index (χ0v) is 4.65. The Kier molecular flexibility index (Phi) is 3.19. The molecule has 46 valence electrons. The number of hydrogen-bond donors (Lipinski definition) is 1. The van der Waals surface area contributed by atoms with Gasteiger partial charge in [0.05, 0.1) is 6.42 Å². The van der Waals surface area contributed by atoms with Crippen LogP contribution < -0.4 is 0 Å². The second-order valence-electron chi connectivity index (χ2n) is 1.09. The molecule has 0 aromatic rings. The Hall–Kier alpha value is -0.570. The maximum absolute atomic E-state index is 11.4. The third-order valence-corrected chi connectivity index (χ3v) is 0.585. The van der Waals surface area contributed by atoms with Crippen molar-refractivity contribution in [1.82, 2.24) is 0 Å². The van der Waals surface area contributed by atoms with E-state index in [-0.39, 0.29) is 6.42 Å². The number of halogens is 2. The van der Waals surface area contributed by atoms with Crippen molar-refractivity contribution in [2.75, 3.05) is 0 Å². The van der Waals surface area contributed by atoms with Crippen LogP contribution in [-0.4, -0.2) is 11.1 Å². The topological polar surface area (TPSA) is 37.3 Å². The number of aliphatic carboxylic acids is 1. The second-order valence-corrected chi connectivity index (χ2v) is 1.45. The Morgan fingerprint density at radius 2 is 2.38 bits per heavy atom. The molecule has 0 atom stereocenters. The highest BCUT2D eigenvalue weighted by atomic mass is 35.5. The van der Waals surface area contributed by atoms with Gasteiger partial charge in [0.2, 0.25) is 0 Å². The third kappa shape index (κ3) is 5.43. The van der Waals surface area contributed by atoms with E-state index in [2.05, 4.69) is 11.6 Å². The quantitative estimate of drug-likeness (QED) is 0.628. The van der Waals surface area contributed by atoms with Gasteiger partial charge in [-0.1, -0.05) is 11.6 Å². The second kappa shape index (κ2) is 3.43. The summed E-state index contributed by atoms with van der Waals surface area (Å²) in [7, 11) is 0. The van der Waals surface area contributed by atoms with Crippen LogP contribution in [0.15, 0.2) is 11.4 Å². The minimum absolute atomic E-state index is 0.366. The summed E-state index contributed by atoms with van der Waals surface area (Å²) < 4.78 is 11.4. The van der Waals surface area contributed by atoms with Gasteiger partial charge in [-0.05, 0) is 6.08 Å². The Balaban J connectivity index is 3.45. The van der Waals surface area contributed by atoms with Crippen molar-refractivity contribution >= 4 is 17.6 Å². The van der Waals surface area contributed by atoms with Gasteiger partial charge in [-0.2, -0.15) is 4.39 Å². The van der Waals surface area contributed by atoms with Crippen LogP contribution in [0.25, 0.3) is 0 Å². The number of carbonyl (C=O) groups is 1. The molecule has 0 aliphatic rings. The van der Waals surface area contributed by atoms with Crippen molar-refractivity contribution in [1.29, 1.82) is 0 Å². The van der Waals surface area contributed by atoms with Gasteiger partial charge in [0.15, 0.2) is 5.29 Å². The van der Waals surface area contributed by atoms with Gasteiger partial charge in [-0.25, -0.2) is 0 Å². The molecule has 0 unspecified atom stereocenters. The lowest BCUT2D eigenvalue weighted by molar-refractivity contribution is -0.136. The van der Waals surface area contributed by atoms with E-state index in [0.717, 1.165) is 6.08 Å². The summed E-state index contributed by atoms with van der Waals surface area (Å²) in [5.74, 6) is -1.10. The van der Waals surface area contributed by atoms with Crippen LogP contribution in [0, 0.1) is 0 Å². The van der Waals surface area contributed by atoms with Gasteiger partial charge in [0.25, 0.3) is 0 Å². The van der Waals surface area contributed by atoms with E-state index < -0.39 is 11.3 Å². The molecule has 0 bridgehead atoms. The first-order valence-corrected chi connectivity index (χ1v) is 2.23. The van der Waals surface area contributed by atoms with E-state index in [1.165, 1.54) is 0 Å². The van der Waals surface area contributed by atoms with E-state index in [9.17, 15) is 9.18 Å². The maximum atomic E-state index is 11.4. The van der Waals surface area contributed by atoms with Crippen LogP contribution in [0.5, 0.6) is 0 Å². The first-order valence-electron chi connectivity index (χ1n) is 1.86. The van der Waals surface area contributed by atoms with Gasteiger partial charge >= 0.3 is 5.97 Å². The highest BCUT2D eigenvalue weighted by Crippen LogP contribution is 2.02. The summed E-state index contributed by atoms with van der Waals surface area (Å²) in [5, 5.41) is 6.91. The summed E-state index contributed by atoms with van der Waals surface area (Å²) >= 11 is 4.65. The molecule has 8 heavy (non-hydrogen) atoms. The van der Waals surface area contributed by atoms with Gasteiger partial charge < -0.3 is 5.11 Å². The summed E-state index contributed by atoms with van der Waals surface area (Å²) in [6.07, 6.45) is 0.416. The molecule has 0 heterocycles. The summed E-state index contributed by atoms with van der Waals surface area (Å²) in [4.78, 5) is 9.63. The van der Waals surface area contributed by atoms with Crippen LogP contribution >= 0.6 is 11.6 Å². The van der Waals surface area contributed by atoms with Crippen molar-refractivity contribution in [2.45, 2.75) is 6.42 Å². The molecule has 0 spiro atoms. The van der Waals surface area contributed by atoms with E-state index in [1.54, 1.807) is 0 Å². The molecule has 1 N–H and O–H groups in total. The smallest absolute Gasteiger partial charge is 0.307 e. The van der Waals surface area contributed by atoms with Crippen LogP contribution in [-0.2, 0) is 4.79 Å². The molecule has 0 saturated carbocycles. The predicted octanol–water partition coefficient (Wildman–Crippen LogP) is 1.51. The van der Waals surface area contributed by atoms with Gasteiger partial charge in [0, 0.05) is 0 Å². The van der Waals surface area contributed by atoms with Crippen molar-refractivity contribution in [3.05, 3.63) is 11.4 Å². The van der Waals surface area contributed by atoms with Gasteiger partial charge in [0.1, 0.15) is 0 Å². The van der Waals surface area contributed by atoms with E-state index >= 15 is 0 Å². The zero-order valence-electron chi connectivity index (χ0n) is 3.90. The molecule has 0 amide bonds. The average Bonchev–Trinajstić information content (AvgIpc) is 1.61. The molecule has 0 aliphatic carbocycles. The molecule has 0 aromatic carbocycles. The van der Waals surface area contributed by atoms with Crippen LogP contribution in [0.3, 0.4) is 0 Å². The van der Waals surface area contributed by atoms with Crippen LogP contribution in [0.4, 0.5) is 4.39 Å². The SMILES string of the molecule is O=C(O)CC=C(F)Cl. The minimum atomic E-state index is -1.10. The summed E-state index contributed by atoms with van der Waals surface area (Å²) in [6.45, 7) is 0. The lowest BCUT2D eigenvalue weighted by Gasteiger charge is -1.80. The standard InChI is InChI=1S/C4H4ClFO2/c5-3(6)1-2-4(7)8/h1H,2H2,(H,7,8). The van der Waals surface area contributed by atoms with Crippen LogP contribution in [0.2, 0.25) is 0 Å². The molecule has 0 saturated heterocycles. The molecule has 2 nitrogen and oxygen atoms in total. The molecule has 0 fully saturated rings. The molecular weight excluding hydrogens is 134 g/mol. The lowest BCUT2D eigenvalue weighted by atomic mass is 10.4. The molecule has 0 radical (unpaired) electrons. The van der Waals surface area contributed by atoms with Crippen molar-refractivity contribution < 1.29 is 14.3 Å². The van der Waals surface area contributed by atoms with Crippen molar-refractivity contribution in [2.24, 2.45) is 0 Å². The fraction of sp³-hybridized carbons (Fsp3) is 0.250. The number of carboxylic acids is 1. The van der Waals surface area contributed by atoms with Crippen LogP contribution in [0.1, 0.15) is 6.42 Å². The zero-order chi connectivity index (χ0) is 6.57. The Bertz CT molecular complexity index is 117. The molecule has 0 aromatic heterocycles. The van der Waals surface area contributed by atoms with E-state index in [4.69, 9.17) is 5.11 Å². The fourth-order valence-corrected chi connectivity index (χ4v) is 0.242.